The van der Waals surface area contributed by atoms with Crippen LogP contribution < -0.4 is 11.1 Å². The molecule has 1 aliphatic carbocycles. The van der Waals surface area contributed by atoms with Crippen LogP contribution in [-0.2, 0) is 4.74 Å². The van der Waals surface area contributed by atoms with E-state index < -0.39 is 0 Å². The minimum Gasteiger partial charge on any atom is -0.379 e. The van der Waals surface area contributed by atoms with Gasteiger partial charge in [0.05, 0.1) is 6.61 Å². The van der Waals surface area contributed by atoms with Crippen molar-refractivity contribution < 1.29 is 4.74 Å². The topological polar surface area (TPSA) is 59.6 Å². The molecule has 1 fully saturated rings. The zero-order valence-electron chi connectivity index (χ0n) is 10.2. The van der Waals surface area contributed by atoms with Crippen LogP contribution >= 0.6 is 24.0 Å². The lowest BCUT2D eigenvalue weighted by atomic mass is 10.2. The molecule has 5 heteroatoms. The fourth-order valence-electron chi connectivity index (χ4n) is 1.12. The van der Waals surface area contributed by atoms with Gasteiger partial charge in [0.2, 0.25) is 0 Å². The molecule has 1 rings (SSSR count). The van der Waals surface area contributed by atoms with Crippen LogP contribution in [0.2, 0.25) is 0 Å². The maximum absolute atomic E-state index is 5.66. The van der Waals surface area contributed by atoms with E-state index in [0.717, 1.165) is 25.6 Å². The SMILES string of the molecule is CC(C)CN=C(N)NCCOCC1CC1.I. The molecule has 0 saturated heterocycles. The van der Waals surface area contributed by atoms with Crippen molar-refractivity contribution in [2.75, 3.05) is 26.3 Å². The van der Waals surface area contributed by atoms with Gasteiger partial charge in [-0.25, -0.2) is 0 Å². The van der Waals surface area contributed by atoms with E-state index in [0.29, 0.717) is 18.5 Å². The van der Waals surface area contributed by atoms with Crippen molar-refractivity contribution in [1.82, 2.24) is 5.32 Å². The first-order valence-electron chi connectivity index (χ1n) is 5.80. The second-order valence-corrected chi connectivity index (χ2v) is 4.56. The first-order valence-corrected chi connectivity index (χ1v) is 5.80. The molecule has 0 aliphatic heterocycles. The number of ether oxygens (including phenoxy) is 1. The van der Waals surface area contributed by atoms with Crippen molar-refractivity contribution in [1.29, 1.82) is 0 Å². The van der Waals surface area contributed by atoms with Crippen LogP contribution in [0.3, 0.4) is 0 Å². The lowest BCUT2D eigenvalue weighted by molar-refractivity contribution is 0.129. The van der Waals surface area contributed by atoms with Crippen LogP contribution in [0.1, 0.15) is 26.7 Å². The largest absolute Gasteiger partial charge is 0.379 e. The molecular formula is C11H24IN3O. The number of halogens is 1. The van der Waals surface area contributed by atoms with Gasteiger partial charge in [-0.3, -0.25) is 4.99 Å². The Kier molecular flexibility index (Phi) is 9.02. The molecule has 0 amide bonds. The van der Waals surface area contributed by atoms with Crippen molar-refractivity contribution in [3.8, 4) is 0 Å². The summed E-state index contributed by atoms with van der Waals surface area (Å²) in [5.74, 6) is 1.91. The standard InChI is InChI=1S/C11H23N3O.HI/c1-9(2)7-14-11(12)13-5-6-15-8-10-3-4-10;/h9-10H,3-8H2,1-2H3,(H3,12,13,14);1H. The molecule has 0 aromatic carbocycles. The zero-order valence-corrected chi connectivity index (χ0v) is 12.6. The maximum Gasteiger partial charge on any atom is 0.188 e. The summed E-state index contributed by atoms with van der Waals surface area (Å²) < 4.78 is 5.46. The molecule has 1 aliphatic rings. The summed E-state index contributed by atoms with van der Waals surface area (Å²) in [5, 5.41) is 3.03. The van der Waals surface area contributed by atoms with Gasteiger partial charge in [0.15, 0.2) is 5.96 Å². The van der Waals surface area contributed by atoms with Gasteiger partial charge in [-0.1, -0.05) is 13.8 Å². The Hall–Kier alpha value is -0.0400. The molecule has 0 bridgehead atoms. The van der Waals surface area contributed by atoms with Gasteiger partial charge in [-0.2, -0.15) is 0 Å². The summed E-state index contributed by atoms with van der Waals surface area (Å²) in [5.41, 5.74) is 5.66. The predicted octanol–water partition coefficient (Wildman–Crippen LogP) is 1.59. The summed E-state index contributed by atoms with van der Waals surface area (Å²) >= 11 is 0. The quantitative estimate of drug-likeness (QED) is 0.320. The Bertz CT molecular complexity index is 205. The number of hydrogen-bond acceptors (Lipinski definition) is 2. The monoisotopic (exact) mass is 341 g/mol. The van der Waals surface area contributed by atoms with Crippen molar-refractivity contribution in [3.63, 3.8) is 0 Å². The van der Waals surface area contributed by atoms with Crippen molar-refractivity contribution in [3.05, 3.63) is 0 Å². The zero-order chi connectivity index (χ0) is 11.1. The van der Waals surface area contributed by atoms with E-state index in [1.54, 1.807) is 0 Å². The molecular weight excluding hydrogens is 317 g/mol. The Balaban J connectivity index is 0.00000225. The number of guanidine groups is 1. The number of aliphatic imine (C=N–C) groups is 1. The van der Waals surface area contributed by atoms with E-state index in [2.05, 4.69) is 24.2 Å². The van der Waals surface area contributed by atoms with Gasteiger partial charge in [0.1, 0.15) is 0 Å². The molecule has 0 unspecified atom stereocenters. The second-order valence-electron chi connectivity index (χ2n) is 4.56. The minimum absolute atomic E-state index is 0. The van der Waals surface area contributed by atoms with Crippen LogP contribution in [-0.4, -0.2) is 32.3 Å². The van der Waals surface area contributed by atoms with Gasteiger partial charge in [0, 0.05) is 19.7 Å². The third-order valence-corrected chi connectivity index (χ3v) is 2.23. The van der Waals surface area contributed by atoms with Gasteiger partial charge < -0.3 is 15.8 Å². The molecule has 0 heterocycles. The molecule has 0 aromatic rings. The molecule has 96 valence electrons. The highest BCUT2D eigenvalue weighted by atomic mass is 127. The van der Waals surface area contributed by atoms with E-state index >= 15 is 0 Å². The first-order chi connectivity index (χ1) is 7.18. The Morgan fingerprint density at radius 1 is 1.50 bits per heavy atom. The summed E-state index contributed by atoms with van der Waals surface area (Å²) in [7, 11) is 0. The first kappa shape index (κ1) is 16.0. The molecule has 3 N–H and O–H groups in total. The summed E-state index contributed by atoms with van der Waals surface area (Å²) in [6.45, 7) is 7.39. The fraction of sp³-hybridized carbons (Fsp3) is 0.909. The molecule has 0 radical (unpaired) electrons. The molecule has 0 atom stereocenters. The van der Waals surface area contributed by atoms with Crippen molar-refractivity contribution in [2.24, 2.45) is 22.6 Å². The average molecular weight is 341 g/mol. The summed E-state index contributed by atoms with van der Waals surface area (Å²) in [4.78, 5) is 4.20. The molecule has 16 heavy (non-hydrogen) atoms. The van der Waals surface area contributed by atoms with E-state index in [9.17, 15) is 0 Å². The molecule has 0 aromatic heterocycles. The number of hydrogen-bond donors (Lipinski definition) is 2. The van der Waals surface area contributed by atoms with Crippen LogP contribution in [0.5, 0.6) is 0 Å². The smallest absolute Gasteiger partial charge is 0.188 e. The van der Waals surface area contributed by atoms with Gasteiger partial charge in [0.25, 0.3) is 0 Å². The summed E-state index contributed by atoms with van der Waals surface area (Å²) in [6.07, 6.45) is 2.68. The molecule has 0 spiro atoms. The van der Waals surface area contributed by atoms with Gasteiger partial charge >= 0.3 is 0 Å². The van der Waals surface area contributed by atoms with Crippen molar-refractivity contribution in [2.45, 2.75) is 26.7 Å². The highest BCUT2D eigenvalue weighted by Crippen LogP contribution is 2.28. The molecule has 1 saturated carbocycles. The number of nitrogens with two attached hydrogens (primary N) is 1. The Morgan fingerprint density at radius 3 is 2.75 bits per heavy atom. The van der Waals surface area contributed by atoms with Crippen LogP contribution in [0, 0.1) is 11.8 Å². The van der Waals surface area contributed by atoms with E-state index in [-0.39, 0.29) is 24.0 Å². The minimum atomic E-state index is 0. The van der Waals surface area contributed by atoms with E-state index in [1.165, 1.54) is 12.8 Å². The lowest BCUT2D eigenvalue weighted by Gasteiger charge is -2.07. The highest BCUT2D eigenvalue weighted by molar-refractivity contribution is 14.0. The van der Waals surface area contributed by atoms with Gasteiger partial charge in [-0.05, 0) is 24.7 Å². The molecule has 4 nitrogen and oxygen atoms in total. The van der Waals surface area contributed by atoms with E-state index in [4.69, 9.17) is 10.5 Å². The number of nitrogens with one attached hydrogen (secondary N) is 1. The third kappa shape index (κ3) is 9.21. The number of rotatable bonds is 7. The average Bonchev–Trinajstić information content (AvgIpc) is 2.98. The number of nitrogens with zero attached hydrogens (tertiary/aromatic N) is 1. The van der Waals surface area contributed by atoms with Crippen LogP contribution in [0.4, 0.5) is 0 Å². The third-order valence-electron chi connectivity index (χ3n) is 2.23. The van der Waals surface area contributed by atoms with Gasteiger partial charge in [-0.15, -0.1) is 24.0 Å². The Morgan fingerprint density at radius 2 is 2.19 bits per heavy atom. The fourth-order valence-corrected chi connectivity index (χ4v) is 1.12. The van der Waals surface area contributed by atoms with Crippen molar-refractivity contribution >= 4 is 29.9 Å². The van der Waals surface area contributed by atoms with Crippen LogP contribution in [0.25, 0.3) is 0 Å². The van der Waals surface area contributed by atoms with E-state index in [1.807, 2.05) is 0 Å². The Labute approximate surface area is 115 Å². The van der Waals surface area contributed by atoms with Crippen LogP contribution in [0.15, 0.2) is 4.99 Å². The summed E-state index contributed by atoms with van der Waals surface area (Å²) in [6, 6.07) is 0. The second kappa shape index (κ2) is 9.04. The lowest BCUT2D eigenvalue weighted by Crippen LogP contribution is -2.34. The maximum atomic E-state index is 5.66. The predicted molar refractivity (Wildman–Crippen MR) is 78.3 cm³/mol. The normalized spacial score (nSPS) is 16.1. The highest BCUT2D eigenvalue weighted by Gasteiger charge is 2.20.